The molecule has 0 fully saturated rings. The Labute approximate surface area is 315 Å². The molecule has 1 aromatic heterocycles. The lowest BCUT2D eigenvalue weighted by Gasteiger charge is -2.11. The van der Waals surface area contributed by atoms with Crippen LogP contribution in [-0.4, -0.2) is 67.3 Å². The number of aromatic hydroxyl groups is 7. The van der Waals surface area contributed by atoms with Gasteiger partial charge in [0.05, 0.1) is 6.61 Å². The molecule has 5 rings (SSSR count). The third-order valence-corrected chi connectivity index (χ3v) is 7.98. The highest BCUT2D eigenvalue weighted by atomic mass is 16.5. The second-order valence-electron chi connectivity index (χ2n) is 12.2. The van der Waals surface area contributed by atoms with Crippen molar-refractivity contribution in [3.05, 3.63) is 106 Å². The van der Waals surface area contributed by atoms with Crippen molar-refractivity contribution in [2.75, 3.05) is 19.7 Å². The van der Waals surface area contributed by atoms with Crippen LogP contribution in [0, 0.1) is 6.92 Å². The summed E-state index contributed by atoms with van der Waals surface area (Å²) >= 11 is 0. The predicted molar refractivity (Wildman–Crippen MR) is 206 cm³/mol. The Bertz CT molecular complexity index is 2280. The Morgan fingerprint density at radius 1 is 0.673 bits per heavy atom. The van der Waals surface area contributed by atoms with Crippen LogP contribution in [0.5, 0.6) is 46.0 Å². The first kappa shape index (κ1) is 40.7. The highest BCUT2D eigenvalue weighted by Crippen LogP contribution is 2.36. The van der Waals surface area contributed by atoms with Crippen LogP contribution >= 0.6 is 0 Å². The van der Waals surface area contributed by atoms with Gasteiger partial charge in [-0.1, -0.05) is 25.5 Å². The van der Waals surface area contributed by atoms with Crippen molar-refractivity contribution >= 4 is 34.9 Å². The molecule has 0 aliphatic heterocycles. The van der Waals surface area contributed by atoms with Crippen LogP contribution in [0.3, 0.4) is 0 Å². The minimum Gasteiger partial charge on any atom is -0.507 e. The summed E-state index contributed by atoms with van der Waals surface area (Å²) in [5.41, 5.74) is 1.43. The number of carbonyl (C=O) groups is 2. The van der Waals surface area contributed by atoms with Crippen molar-refractivity contribution in [3.63, 3.8) is 0 Å². The van der Waals surface area contributed by atoms with Gasteiger partial charge in [-0.2, -0.15) is 0 Å². The summed E-state index contributed by atoms with van der Waals surface area (Å²) in [4.78, 5) is 36.2. The van der Waals surface area contributed by atoms with Gasteiger partial charge < -0.3 is 55.5 Å². The van der Waals surface area contributed by atoms with Crippen LogP contribution in [0.4, 0.5) is 0 Å². The molecule has 55 heavy (non-hydrogen) atoms. The van der Waals surface area contributed by atoms with Crippen LogP contribution < -0.4 is 20.8 Å². The third kappa shape index (κ3) is 11.4. The summed E-state index contributed by atoms with van der Waals surface area (Å²) in [5, 5.41) is 72.4. The van der Waals surface area contributed by atoms with E-state index >= 15 is 0 Å². The molecule has 14 nitrogen and oxygen atoms in total. The zero-order valence-corrected chi connectivity index (χ0v) is 30.1. The number of ether oxygens (including phenoxy) is 1. The number of phenols is 7. The van der Waals surface area contributed by atoms with Crippen molar-refractivity contribution in [2.45, 2.75) is 33.1 Å². The first-order chi connectivity index (χ1) is 26.3. The quantitative estimate of drug-likeness (QED) is 0.0387. The summed E-state index contributed by atoms with van der Waals surface area (Å²) < 4.78 is 11.6. The van der Waals surface area contributed by atoms with Crippen molar-refractivity contribution in [2.24, 2.45) is 0 Å². The van der Waals surface area contributed by atoms with Gasteiger partial charge >= 0.3 is 0 Å². The molecule has 0 bridgehead atoms. The molecule has 0 atom stereocenters. The van der Waals surface area contributed by atoms with E-state index in [4.69, 9.17) is 14.3 Å². The molecule has 5 aromatic rings. The standard InChI is InChI=1S/C28H25NO9.C13H17NO3/c1-15-27(36)26-23(34)13-18(14-24(26)38-28(15)17-5-7-20(31)22(33)12-17)37-10-2-9-29-25(35)8-4-16-3-6-19(30)21(32)11-16;1-2-3-8-14-13(17)7-5-10-4-6-11(15)12(16)9-10/h3-8,11-14,30-34H,2,9-10H2,1H3,(H,29,35);4-7,9,15-16H,2-3,8H2,1H3,(H,14,17)/b8-4+;7-5+. The number of unbranched alkanes of at least 4 members (excludes halogenated alkanes) is 1. The number of rotatable bonds is 13. The average molecular weight is 755 g/mol. The lowest BCUT2D eigenvalue weighted by atomic mass is 10.0. The van der Waals surface area contributed by atoms with Gasteiger partial charge in [0.2, 0.25) is 11.8 Å². The molecule has 2 amide bonds. The number of phenolic OH excluding ortho intramolecular Hbond substituents is 7. The minimum atomic E-state index is -0.448. The van der Waals surface area contributed by atoms with E-state index in [1.165, 1.54) is 79.7 Å². The van der Waals surface area contributed by atoms with Gasteiger partial charge in [-0.15, -0.1) is 0 Å². The maximum atomic E-state index is 12.9. The van der Waals surface area contributed by atoms with E-state index in [2.05, 4.69) is 17.6 Å². The van der Waals surface area contributed by atoms with Crippen molar-refractivity contribution in [3.8, 4) is 57.3 Å². The Balaban J connectivity index is 0.000000332. The molecule has 0 saturated carbocycles. The first-order valence-corrected chi connectivity index (χ1v) is 17.2. The maximum Gasteiger partial charge on any atom is 0.244 e. The van der Waals surface area contributed by atoms with Gasteiger partial charge in [0.15, 0.2) is 39.9 Å². The molecule has 0 saturated heterocycles. The van der Waals surface area contributed by atoms with Gasteiger partial charge in [0.1, 0.15) is 28.2 Å². The van der Waals surface area contributed by atoms with E-state index in [1.807, 2.05) is 0 Å². The number of hydrogen-bond donors (Lipinski definition) is 9. The molecule has 4 aromatic carbocycles. The summed E-state index contributed by atoms with van der Waals surface area (Å²) in [6.45, 7) is 4.75. The molecule has 0 aliphatic rings. The summed E-state index contributed by atoms with van der Waals surface area (Å²) in [6, 6.07) is 15.4. The van der Waals surface area contributed by atoms with Crippen LogP contribution in [0.1, 0.15) is 42.9 Å². The molecule has 0 aliphatic carbocycles. The fourth-order valence-electron chi connectivity index (χ4n) is 5.00. The lowest BCUT2D eigenvalue weighted by molar-refractivity contribution is -0.117. The van der Waals surface area contributed by atoms with E-state index in [0.717, 1.165) is 12.8 Å². The van der Waals surface area contributed by atoms with Crippen LogP contribution in [0.15, 0.2) is 88.1 Å². The number of hydrogen-bond acceptors (Lipinski definition) is 12. The fourth-order valence-corrected chi connectivity index (χ4v) is 5.00. The van der Waals surface area contributed by atoms with Gasteiger partial charge in [-0.3, -0.25) is 14.4 Å². The van der Waals surface area contributed by atoms with Crippen LogP contribution in [0.2, 0.25) is 0 Å². The molecular weight excluding hydrogens is 712 g/mol. The van der Waals surface area contributed by atoms with Gasteiger partial charge in [-0.05, 0) is 85.5 Å². The van der Waals surface area contributed by atoms with E-state index in [1.54, 1.807) is 18.2 Å². The molecule has 14 heteroatoms. The number of nitrogens with one attached hydrogen (secondary N) is 2. The first-order valence-electron chi connectivity index (χ1n) is 17.2. The second kappa shape index (κ2) is 19.1. The normalized spacial score (nSPS) is 11.0. The Hall–Kier alpha value is -7.09. The fraction of sp³-hybridized carbons (Fsp3) is 0.195. The largest absolute Gasteiger partial charge is 0.507 e. The van der Waals surface area contributed by atoms with E-state index in [9.17, 15) is 45.0 Å². The van der Waals surface area contributed by atoms with Gasteiger partial charge in [0.25, 0.3) is 0 Å². The van der Waals surface area contributed by atoms with Crippen molar-refractivity contribution < 1.29 is 54.5 Å². The second-order valence-corrected chi connectivity index (χ2v) is 12.2. The predicted octanol–water partition coefficient (Wildman–Crippen LogP) is 5.92. The smallest absolute Gasteiger partial charge is 0.244 e. The molecular formula is C41H42N2O12. The number of fused-ring (bicyclic) bond motifs is 1. The van der Waals surface area contributed by atoms with Gasteiger partial charge in [-0.25, -0.2) is 0 Å². The van der Waals surface area contributed by atoms with E-state index in [-0.39, 0.29) is 86.7 Å². The topological polar surface area (TPSA) is 239 Å². The van der Waals surface area contributed by atoms with Crippen molar-refractivity contribution in [1.29, 1.82) is 0 Å². The van der Waals surface area contributed by atoms with Crippen LogP contribution in [-0.2, 0) is 9.59 Å². The lowest BCUT2D eigenvalue weighted by Crippen LogP contribution is -2.23. The summed E-state index contributed by atoms with van der Waals surface area (Å²) in [6.07, 6.45) is 8.21. The molecule has 1 heterocycles. The number of amides is 2. The molecule has 0 radical (unpaired) electrons. The summed E-state index contributed by atoms with van der Waals surface area (Å²) in [5.74, 6) is -1.98. The summed E-state index contributed by atoms with van der Waals surface area (Å²) in [7, 11) is 0. The Morgan fingerprint density at radius 2 is 1.20 bits per heavy atom. The number of benzene rings is 4. The average Bonchev–Trinajstić information content (AvgIpc) is 3.15. The van der Waals surface area contributed by atoms with Gasteiger partial charge in [0, 0.05) is 48.5 Å². The van der Waals surface area contributed by atoms with Crippen molar-refractivity contribution in [1.82, 2.24) is 10.6 Å². The monoisotopic (exact) mass is 754 g/mol. The van der Waals surface area contributed by atoms with E-state index in [0.29, 0.717) is 36.2 Å². The Morgan fingerprint density at radius 3 is 1.73 bits per heavy atom. The van der Waals surface area contributed by atoms with E-state index < -0.39 is 5.43 Å². The molecule has 288 valence electrons. The Kier molecular flexibility index (Phi) is 14.1. The molecule has 0 unspecified atom stereocenters. The highest BCUT2D eigenvalue weighted by molar-refractivity contribution is 5.92. The molecule has 0 spiro atoms. The zero-order chi connectivity index (χ0) is 40.1. The highest BCUT2D eigenvalue weighted by Gasteiger charge is 2.18. The zero-order valence-electron chi connectivity index (χ0n) is 30.1. The van der Waals surface area contributed by atoms with Crippen LogP contribution in [0.25, 0.3) is 34.4 Å². The minimum absolute atomic E-state index is 0.0115. The number of carbonyl (C=O) groups excluding carboxylic acids is 2. The SMILES string of the molecule is CCCCNC(=O)/C=C/c1ccc(O)c(O)c1.Cc1c(-c2ccc(O)c(O)c2)oc2cc(OCCCNC(=O)/C=C/c3ccc(O)c(O)c3)cc(O)c2c1=O. The third-order valence-electron chi connectivity index (χ3n) is 7.98. The maximum absolute atomic E-state index is 12.9. The molecule has 9 N–H and O–H groups in total.